The Labute approximate surface area is 145 Å². The summed E-state index contributed by atoms with van der Waals surface area (Å²) in [5.74, 6) is 1.25. The van der Waals surface area contributed by atoms with Crippen molar-refractivity contribution in [2.45, 2.75) is 33.3 Å². The van der Waals surface area contributed by atoms with Crippen LogP contribution >= 0.6 is 11.6 Å². The average Bonchev–Trinajstić information content (AvgIpc) is 3.01. The van der Waals surface area contributed by atoms with Crippen molar-refractivity contribution in [2.75, 3.05) is 6.54 Å². The molecule has 2 rings (SSSR count). The highest BCUT2D eigenvalue weighted by atomic mass is 35.5. The van der Waals surface area contributed by atoms with E-state index < -0.39 is 5.24 Å². The summed E-state index contributed by atoms with van der Waals surface area (Å²) in [5, 5.41) is 2.26. The molecule has 2 aromatic rings. The first kappa shape index (κ1) is 18.1. The second kappa shape index (κ2) is 8.55. The van der Waals surface area contributed by atoms with E-state index in [1.165, 1.54) is 0 Å². The van der Waals surface area contributed by atoms with Crippen molar-refractivity contribution >= 4 is 22.8 Å². The van der Waals surface area contributed by atoms with E-state index in [1.54, 1.807) is 12.1 Å². The molecular formula is C18H20ClNO4. The summed E-state index contributed by atoms with van der Waals surface area (Å²) in [6.07, 6.45) is 0.728. The molecule has 5 nitrogen and oxygen atoms in total. The van der Waals surface area contributed by atoms with Crippen molar-refractivity contribution in [1.29, 1.82) is 0 Å². The number of halogens is 1. The molecule has 1 aromatic carbocycles. The summed E-state index contributed by atoms with van der Waals surface area (Å²) in [6, 6.07) is 9.29. The van der Waals surface area contributed by atoms with Gasteiger partial charge in [-0.15, -0.1) is 0 Å². The van der Waals surface area contributed by atoms with Crippen LogP contribution in [0.2, 0.25) is 0 Å². The normalized spacial score (nSPS) is 10.5. The van der Waals surface area contributed by atoms with Crippen LogP contribution < -0.4 is 10.1 Å². The Bertz CT molecular complexity index is 724. The van der Waals surface area contributed by atoms with E-state index in [9.17, 15) is 9.59 Å². The molecule has 0 saturated carbocycles. The largest absolute Gasteiger partial charge is 0.485 e. The van der Waals surface area contributed by atoms with E-state index in [1.807, 2.05) is 32.0 Å². The smallest absolute Gasteiger partial charge is 0.286 e. The number of aryl methyl sites for hydroxylation is 2. The fourth-order valence-electron chi connectivity index (χ4n) is 2.11. The van der Waals surface area contributed by atoms with E-state index >= 15 is 0 Å². The molecule has 128 valence electrons. The molecule has 24 heavy (non-hydrogen) atoms. The van der Waals surface area contributed by atoms with E-state index in [0.717, 1.165) is 16.9 Å². The van der Waals surface area contributed by atoms with Crippen LogP contribution in [0.1, 0.15) is 40.3 Å². The minimum atomic E-state index is -0.409. The summed E-state index contributed by atoms with van der Waals surface area (Å²) >= 11 is 5.24. The van der Waals surface area contributed by atoms with E-state index in [0.29, 0.717) is 18.7 Å². The third-order valence-electron chi connectivity index (χ3n) is 3.43. The zero-order valence-electron chi connectivity index (χ0n) is 13.7. The first-order chi connectivity index (χ1) is 11.5. The van der Waals surface area contributed by atoms with E-state index in [-0.39, 0.29) is 24.7 Å². The van der Waals surface area contributed by atoms with Crippen molar-refractivity contribution in [3.63, 3.8) is 0 Å². The summed E-state index contributed by atoms with van der Waals surface area (Å²) in [6.45, 7) is 4.59. The highest BCUT2D eigenvalue weighted by molar-refractivity contribution is 6.63. The lowest BCUT2D eigenvalue weighted by Gasteiger charge is -2.08. The fraction of sp³-hybridized carbons (Fsp3) is 0.333. The molecule has 0 aliphatic carbocycles. The molecule has 1 N–H and O–H groups in total. The highest BCUT2D eigenvalue weighted by Crippen LogP contribution is 2.21. The van der Waals surface area contributed by atoms with E-state index in [4.69, 9.17) is 20.8 Å². The number of amides is 1. The fourth-order valence-corrected chi connectivity index (χ4v) is 2.24. The van der Waals surface area contributed by atoms with Crippen LogP contribution in [0.4, 0.5) is 0 Å². The second-order valence-corrected chi connectivity index (χ2v) is 5.96. The number of hydrogen-bond donors (Lipinski definition) is 1. The Hall–Kier alpha value is -2.27. The van der Waals surface area contributed by atoms with Gasteiger partial charge in [-0.05, 0) is 61.2 Å². The van der Waals surface area contributed by atoms with Crippen molar-refractivity contribution in [1.82, 2.24) is 5.32 Å². The Balaban J connectivity index is 1.85. The van der Waals surface area contributed by atoms with Crippen LogP contribution in [-0.2, 0) is 11.4 Å². The van der Waals surface area contributed by atoms with Crippen LogP contribution in [0.15, 0.2) is 34.7 Å². The summed E-state index contributed by atoms with van der Waals surface area (Å²) in [4.78, 5) is 22.5. The van der Waals surface area contributed by atoms with Crippen molar-refractivity contribution in [3.8, 4) is 5.75 Å². The van der Waals surface area contributed by atoms with Crippen LogP contribution in [0.25, 0.3) is 0 Å². The molecule has 0 fully saturated rings. The van der Waals surface area contributed by atoms with Gasteiger partial charge in [0.1, 0.15) is 18.1 Å². The Morgan fingerprint density at radius 1 is 1.21 bits per heavy atom. The molecule has 1 amide bonds. The molecule has 6 heteroatoms. The number of ether oxygens (including phenoxy) is 1. The number of benzene rings is 1. The van der Waals surface area contributed by atoms with Gasteiger partial charge in [-0.1, -0.05) is 12.1 Å². The molecule has 0 atom stereocenters. The van der Waals surface area contributed by atoms with E-state index in [2.05, 4.69) is 5.32 Å². The quantitative estimate of drug-likeness (QED) is 0.582. The molecule has 1 heterocycles. The lowest BCUT2D eigenvalue weighted by Crippen LogP contribution is -2.24. The van der Waals surface area contributed by atoms with Gasteiger partial charge in [0.2, 0.25) is 5.24 Å². The third-order valence-corrected chi connectivity index (χ3v) is 3.62. The monoisotopic (exact) mass is 349 g/mol. The zero-order valence-corrected chi connectivity index (χ0v) is 14.5. The number of furan rings is 1. The first-order valence-corrected chi connectivity index (χ1v) is 8.09. The topological polar surface area (TPSA) is 68.5 Å². The van der Waals surface area contributed by atoms with Gasteiger partial charge in [-0.3, -0.25) is 9.59 Å². The molecule has 0 spiro atoms. The van der Waals surface area contributed by atoms with Gasteiger partial charge in [0, 0.05) is 13.0 Å². The first-order valence-electron chi connectivity index (χ1n) is 7.71. The molecule has 0 saturated heterocycles. The number of hydrogen-bond acceptors (Lipinski definition) is 4. The maximum Gasteiger partial charge on any atom is 0.286 e. The van der Waals surface area contributed by atoms with Crippen LogP contribution in [0.3, 0.4) is 0 Å². The summed E-state index contributed by atoms with van der Waals surface area (Å²) < 4.78 is 11.2. The standard InChI is InChI=1S/C18H20ClNO4/c1-12-5-6-13(2)16(10-12)23-11-14-7-8-15(24-14)18(22)20-9-3-4-17(19)21/h5-8,10H,3-4,9,11H2,1-2H3,(H,20,22). The van der Waals surface area contributed by atoms with Crippen molar-refractivity contribution in [2.24, 2.45) is 0 Å². The number of rotatable bonds is 8. The van der Waals surface area contributed by atoms with Crippen molar-refractivity contribution in [3.05, 3.63) is 53.0 Å². The van der Waals surface area contributed by atoms with Crippen LogP contribution in [0.5, 0.6) is 5.75 Å². The second-order valence-electron chi connectivity index (χ2n) is 5.54. The Kier molecular flexibility index (Phi) is 6.44. The van der Waals surface area contributed by atoms with Crippen LogP contribution in [0, 0.1) is 13.8 Å². The molecular weight excluding hydrogens is 330 g/mol. The predicted molar refractivity (Wildman–Crippen MR) is 91.4 cm³/mol. The Morgan fingerprint density at radius 3 is 2.75 bits per heavy atom. The SMILES string of the molecule is Cc1ccc(C)c(OCc2ccc(C(=O)NCCCC(=O)Cl)o2)c1. The van der Waals surface area contributed by atoms with Gasteiger partial charge in [-0.25, -0.2) is 0 Å². The summed E-state index contributed by atoms with van der Waals surface area (Å²) in [5.41, 5.74) is 2.16. The molecule has 1 aromatic heterocycles. The Morgan fingerprint density at radius 2 is 2.00 bits per heavy atom. The van der Waals surface area contributed by atoms with Gasteiger partial charge in [0.05, 0.1) is 0 Å². The summed E-state index contributed by atoms with van der Waals surface area (Å²) in [7, 11) is 0. The van der Waals surface area contributed by atoms with Gasteiger partial charge in [-0.2, -0.15) is 0 Å². The molecule has 0 aliphatic rings. The van der Waals surface area contributed by atoms with Crippen molar-refractivity contribution < 1.29 is 18.7 Å². The zero-order chi connectivity index (χ0) is 17.5. The maximum absolute atomic E-state index is 11.9. The minimum Gasteiger partial charge on any atom is -0.485 e. The van der Waals surface area contributed by atoms with Gasteiger partial charge < -0.3 is 14.5 Å². The molecule has 0 unspecified atom stereocenters. The highest BCUT2D eigenvalue weighted by Gasteiger charge is 2.11. The third kappa shape index (κ3) is 5.42. The average molecular weight is 350 g/mol. The van der Waals surface area contributed by atoms with Gasteiger partial charge in [0.15, 0.2) is 5.76 Å². The molecule has 0 aliphatic heterocycles. The van der Waals surface area contributed by atoms with Gasteiger partial charge >= 0.3 is 0 Å². The molecule has 0 radical (unpaired) electrons. The number of nitrogens with one attached hydrogen (secondary N) is 1. The van der Waals surface area contributed by atoms with Gasteiger partial charge in [0.25, 0.3) is 5.91 Å². The predicted octanol–water partition coefficient (Wildman–Crippen LogP) is 3.75. The minimum absolute atomic E-state index is 0.215. The lowest BCUT2D eigenvalue weighted by molar-refractivity contribution is -0.111. The molecule has 0 bridgehead atoms. The number of carbonyl (C=O) groups is 2. The number of carbonyl (C=O) groups excluding carboxylic acids is 2. The maximum atomic E-state index is 11.9. The lowest BCUT2D eigenvalue weighted by atomic mass is 10.1. The van der Waals surface area contributed by atoms with Crippen LogP contribution in [-0.4, -0.2) is 17.7 Å².